The van der Waals surface area contributed by atoms with Crippen LogP contribution in [-0.4, -0.2) is 75.1 Å². The lowest BCUT2D eigenvalue weighted by molar-refractivity contribution is -0.329. The molecule has 0 bridgehead atoms. The summed E-state index contributed by atoms with van der Waals surface area (Å²) in [5, 5.41) is 0. The van der Waals surface area contributed by atoms with Crippen molar-refractivity contribution in [2.24, 2.45) is 5.92 Å². The molecule has 0 amide bonds. The Kier molecular flexibility index (Phi) is 14.4. The number of carbonyl (C=O) groups excluding carboxylic acids is 1. The summed E-state index contributed by atoms with van der Waals surface area (Å²) in [6.07, 6.45) is -6.48. The van der Waals surface area contributed by atoms with Gasteiger partial charge in [0.1, 0.15) is 36.6 Å². The topological polar surface area (TPSA) is 100 Å². The number of benzene rings is 5. The number of rotatable bonds is 17. The van der Waals surface area contributed by atoms with Crippen molar-refractivity contribution in [3.8, 4) is 0 Å². The number of Topliss-reactive ketones (excluding diaryl/α,β-unsaturated/α-hetero) is 1. The number of ketones is 1. The molecule has 1 saturated carbocycles. The van der Waals surface area contributed by atoms with E-state index in [1.54, 1.807) is 7.11 Å². The molecule has 5 aromatic rings. The van der Waals surface area contributed by atoms with E-state index in [1.807, 2.05) is 152 Å². The molecule has 0 radical (unpaired) electrons. The molecule has 8 rings (SSSR count). The van der Waals surface area contributed by atoms with E-state index in [9.17, 15) is 4.79 Å². The summed E-state index contributed by atoms with van der Waals surface area (Å²) >= 11 is 0. The molecule has 3 aliphatic rings. The van der Waals surface area contributed by atoms with Crippen molar-refractivity contribution in [1.82, 2.24) is 0 Å². The van der Waals surface area contributed by atoms with Gasteiger partial charge < -0.3 is 42.6 Å². The van der Waals surface area contributed by atoms with Crippen LogP contribution in [0.3, 0.4) is 0 Å². The van der Waals surface area contributed by atoms with Crippen LogP contribution in [0, 0.1) is 5.92 Å². The van der Waals surface area contributed by atoms with Gasteiger partial charge in [-0.3, -0.25) is 4.79 Å². The van der Waals surface area contributed by atoms with E-state index in [4.69, 9.17) is 42.6 Å². The zero-order valence-corrected chi connectivity index (χ0v) is 33.2. The Bertz CT molecular complexity index is 1990. The Morgan fingerprint density at radius 2 is 1.08 bits per heavy atom. The first kappa shape index (κ1) is 41.2. The highest BCUT2D eigenvalue weighted by atomic mass is 16.7. The lowest BCUT2D eigenvalue weighted by Gasteiger charge is -2.49. The highest BCUT2D eigenvalue weighted by Gasteiger charge is 2.54. The molecule has 2 heterocycles. The minimum Gasteiger partial charge on any atom is -0.374 e. The molecule has 0 N–H and O–H groups in total. The highest BCUT2D eigenvalue weighted by molar-refractivity contribution is 5.89. The zero-order chi connectivity index (χ0) is 40.2. The number of hydrogen-bond acceptors (Lipinski definition) is 10. The standard InChI is InChI=1S/C49H52O10/c1-51-49-47(55-31-37-23-13-5-14-24-37)46(54-30-36-21-11-4-12-22-36)44(41(58-49)33-52-28-34-17-7-2-8-18-34)57-40-27-39-32-56-48(38-25-15-6-16-26-38)59-43(39)45(42(40)50)53-29-35-19-9-3-10-20-35/h2-26,39-41,43-49H,27-33H2,1H3/t39-,40-,41-,43-,44-,45-,46+,47-,48-,49-/m1/s1. The summed E-state index contributed by atoms with van der Waals surface area (Å²) in [6.45, 7) is 1.62. The van der Waals surface area contributed by atoms with E-state index in [2.05, 4.69) is 0 Å². The van der Waals surface area contributed by atoms with Gasteiger partial charge in [0.15, 0.2) is 18.4 Å². The van der Waals surface area contributed by atoms with Gasteiger partial charge in [0.05, 0.1) is 45.7 Å². The number of methoxy groups -OCH3 is 1. The monoisotopic (exact) mass is 800 g/mol. The first-order valence-corrected chi connectivity index (χ1v) is 20.4. The van der Waals surface area contributed by atoms with Gasteiger partial charge >= 0.3 is 0 Å². The predicted molar refractivity (Wildman–Crippen MR) is 219 cm³/mol. The van der Waals surface area contributed by atoms with Crippen LogP contribution in [0.4, 0.5) is 0 Å². The lowest BCUT2D eigenvalue weighted by atomic mass is 9.80. The van der Waals surface area contributed by atoms with Gasteiger partial charge in [0.25, 0.3) is 0 Å². The highest BCUT2D eigenvalue weighted by Crippen LogP contribution is 2.40. The second-order valence-electron chi connectivity index (χ2n) is 15.2. The molecule has 10 heteroatoms. The Morgan fingerprint density at radius 3 is 1.64 bits per heavy atom. The van der Waals surface area contributed by atoms with Crippen molar-refractivity contribution in [3.63, 3.8) is 0 Å². The first-order chi connectivity index (χ1) is 29.1. The van der Waals surface area contributed by atoms with Crippen molar-refractivity contribution in [3.05, 3.63) is 179 Å². The molecular weight excluding hydrogens is 749 g/mol. The van der Waals surface area contributed by atoms with Gasteiger partial charge in [0, 0.05) is 18.6 Å². The molecule has 0 aromatic heterocycles. The summed E-state index contributed by atoms with van der Waals surface area (Å²) < 4.78 is 59.0. The van der Waals surface area contributed by atoms with Crippen molar-refractivity contribution in [2.75, 3.05) is 20.3 Å². The van der Waals surface area contributed by atoms with Crippen molar-refractivity contribution < 1.29 is 47.4 Å². The van der Waals surface area contributed by atoms with Gasteiger partial charge in [0.2, 0.25) is 0 Å². The van der Waals surface area contributed by atoms with E-state index in [0.717, 1.165) is 27.8 Å². The van der Waals surface area contributed by atoms with Crippen molar-refractivity contribution in [2.45, 2.75) is 88.2 Å². The summed E-state index contributed by atoms with van der Waals surface area (Å²) in [5.41, 5.74) is 4.79. The smallest absolute Gasteiger partial charge is 0.192 e. The number of ether oxygens (including phenoxy) is 9. The quantitative estimate of drug-likeness (QED) is 0.0927. The van der Waals surface area contributed by atoms with Gasteiger partial charge in [-0.1, -0.05) is 152 Å². The fourth-order valence-corrected chi connectivity index (χ4v) is 8.02. The molecule has 3 fully saturated rings. The molecule has 2 aliphatic heterocycles. The fraction of sp³-hybridized carbons (Fsp3) is 0.367. The number of carbonyl (C=O) groups is 1. The van der Waals surface area contributed by atoms with Crippen LogP contribution in [0.15, 0.2) is 152 Å². The largest absolute Gasteiger partial charge is 0.374 e. The lowest BCUT2D eigenvalue weighted by Crippen LogP contribution is -2.64. The Balaban J connectivity index is 1.10. The SMILES string of the molecule is CO[C@@H]1O[C@H](COCc2ccccc2)[C@@H](O[C@@H]2C[C@@H]3CO[C@@H](c4ccccc4)O[C@H]3[C@H](OCc3ccccc3)C2=O)[C@H](OCc2ccccc2)[C@H]1OCc1ccccc1. The third kappa shape index (κ3) is 10.6. The summed E-state index contributed by atoms with van der Waals surface area (Å²) in [5.74, 6) is -0.409. The van der Waals surface area contributed by atoms with Crippen LogP contribution in [-0.2, 0) is 73.9 Å². The molecule has 10 nitrogen and oxygen atoms in total. The predicted octanol–water partition coefficient (Wildman–Crippen LogP) is 7.79. The van der Waals surface area contributed by atoms with Crippen LogP contribution in [0.5, 0.6) is 0 Å². The molecule has 0 spiro atoms. The maximum Gasteiger partial charge on any atom is 0.192 e. The van der Waals surface area contributed by atoms with Gasteiger partial charge in [-0.15, -0.1) is 0 Å². The summed E-state index contributed by atoms with van der Waals surface area (Å²) in [4.78, 5) is 14.9. The van der Waals surface area contributed by atoms with Crippen LogP contribution in [0.2, 0.25) is 0 Å². The Hall–Kier alpha value is -4.59. The molecule has 2 saturated heterocycles. The minimum atomic E-state index is -0.924. The van der Waals surface area contributed by atoms with E-state index >= 15 is 0 Å². The van der Waals surface area contributed by atoms with Crippen LogP contribution in [0.25, 0.3) is 0 Å². The third-order valence-corrected chi connectivity index (χ3v) is 11.1. The third-order valence-electron chi connectivity index (χ3n) is 11.1. The van der Waals surface area contributed by atoms with Gasteiger partial charge in [-0.2, -0.15) is 0 Å². The Morgan fingerprint density at radius 1 is 0.576 bits per heavy atom. The van der Waals surface area contributed by atoms with E-state index in [-0.39, 0.29) is 38.1 Å². The molecule has 0 unspecified atom stereocenters. The number of fused-ring (bicyclic) bond motifs is 1. The van der Waals surface area contributed by atoms with Gasteiger partial charge in [-0.25, -0.2) is 0 Å². The average molecular weight is 801 g/mol. The fourth-order valence-electron chi connectivity index (χ4n) is 8.02. The molecule has 59 heavy (non-hydrogen) atoms. The molecule has 308 valence electrons. The van der Waals surface area contributed by atoms with E-state index in [0.29, 0.717) is 19.6 Å². The maximum absolute atomic E-state index is 14.9. The second-order valence-corrected chi connectivity index (χ2v) is 15.2. The Labute approximate surface area is 346 Å². The molecule has 1 aliphatic carbocycles. The van der Waals surface area contributed by atoms with Crippen LogP contribution in [0.1, 0.15) is 40.5 Å². The van der Waals surface area contributed by atoms with Gasteiger partial charge in [-0.05, 0) is 28.7 Å². The van der Waals surface area contributed by atoms with E-state index < -0.39 is 55.3 Å². The summed E-state index contributed by atoms with van der Waals surface area (Å²) in [7, 11) is 1.59. The minimum absolute atomic E-state index is 0.141. The average Bonchev–Trinajstić information content (AvgIpc) is 3.29. The molecule has 10 atom stereocenters. The van der Waals surface area contributed by atoms with Crippen LogP contribution < -0.4 is 0 Å². The van der Waals surface area contributed by atoms with E-state index in [1.165, 1.54) is 0 Å². The molecule has 5 aromatic carbocycles. The molecular formula is C49H52O10. The van der Waals surface area contributed by atoms with Crippen molar-refractivity contribution in [1.29, 1.82) is 0 Å². The zero-order valence-electron chi connectivity index (χ0n) is 33.2. The van der Waals surface area contributed by atoms with Crippen LogP contribution >= 0.6 is 0 Å². The maximum atomic E-state index is 14.9. The first-order valence-electron chi connectivity index (χ1n) is 20.4. The second kappa shape index (κ2) is 20.6. The van der Waals surface area contributed by atoms with Crippen molar-refractivity contribution >= 4 is 5.78 Å². The normalized spacial score (nSPS) is 28.2. The number of hydrogen-bond donors (Lipinski definition) is 0. The summed E-state index contributed by atoms with van der Waals surface area (Å²) in [6, 6.07) is 49.4.